The summed E-state index contributed by atoms with van der Waals surface area (Å²) in [5.41, 5.74) is 0. The molecule has 0 aliphatic heterocycles. The fraction of sp³-hybridized carbons (Fsp3) is 0.111. The maximum Gasteiger partial charge on any atom is 0.247 e. The molecule has 0 fully saturated rings. The fourth-order valence-corrected chi connectivity index (χ4v) is 1.99. The smallest absolute Gasteiger partial charge is 0.247 e. The number of halogens is 2. The van der Waals surface area contributed by atoms with Gasteiger partial charge in [-0.3, -0.25) is 0 Å². The van der Waals surface area contributed by atoms with Gasteiger partial charge in [-0.15, -0.1) is 11.3 Å². The van der Waals surface area contributed by atoms with Crippen molar-refractivity contribution in [3.63, 3.8) is 0 Å². The third-order valence-electron chi connectivity index (χ3n) is 1.59. The largest absolute Gasteiger partial charge is 0.461 e. The van der Waals surface area contributed by atoms with Gasteiger partial charge in [0.25, 0.3) is 0 Å². The predicted molar refractivity (Wildman–Crippen MR) is 56.8 cm³/mol. The Kier molecular flexibility index (Phi) is 2.63. The molecule has 0 saturated carbocycles. The van der Waals surface area contributed by atoms with E-state index in [2.05, 4.69) is 5.38 Å². The highest BCUT2D eigenvalue weighted by atomic mass is 35.5. The van der Waals surface area contributed by atoms with Crippen LogP contribution in [-0.4, -0.2) is 5.02 Å². The summed E-state index contributed by atoms with van der Waals surface area (Å²) in [7, 11) is 0. The molecule has 67 valence electrons. The first-order chi connectivity index (χ1) is 6.25. The molecule has 1 nitrogen and oxygen atoms in total. The topological polar surface area (TPSA) is 9.23 Å². The number of fused-ring (bicyclic) bond motifs is 1. The van der Waals surface area contributed by atoms with E-state index in [1.54, 1.807) is 0 Å². The Morgan fingerprint density at radius 3 is 3.00 bits per heavy atom. The Hall–Kier alpha value is -0.440. The summed E-state index contributed by atoms with van der Waals surface area (Å²) < 4.78 is 6.23. The molecule has 13 heavy (non-hydrogen) atoms. The lowest BCUT2D eigenvalue weighted by atomic mass is 10.2. The van der Waals surface area contributed by atoms with Gasteiger partial charge < -0.3 is 4.74 Å². The molecule has 1 radical (unpaired) electrons. The van der Waals surface area contributed by atoms with Crippen molar-refractivity contribution >= 4 is 44.6 Å². The Morgan fingerprint density at radius 2 is 2.23 bits per heavy atom. The molecule has 0 unspecified atom stereocenters. The molecule has 1 heterocycles. The molecule has 4 heteroatoms. The first-order valence-electron chi connectivity index (χ1n) is 3.60. The van der Waals surface area contributed by atoms with Crippen molar-refractivity contribution in [1.82, 2.24) is 0 Å². The molecular formula is C9H5Cl2OS. The normalized spacial score (nSPS) is 11.0. The molecule has 1 aromatic heterocycles. The van der Waals surface area contributed by atoms with Gasteiger partial charge in [0.05, 0.1) is 0 Å². The van der Waals surface area contributed by atoms with Gasteiger partial charge in [0, 0.05) is 10.1 Å². The summed E-state index contributed by atoms with van der Waals surface area (Å²) >= 11 is 12.5. The standard InChI is InChI=1S/C9H5Cl2OS/c10-9(11)12-7-2-1-6-3-4-13-8(6)5-7/h1-3,5,9H. The molecule has 2 rings (SSSR count). The van der Waals surface area contributed by atoms with Gasteiger partial charge in [0.1, 0.15) is 5.75 Å². The zero-order chi connectivity index (χ0) is 9.26. The summed E-state index contributed by atoms with van der Waals surface area (Å²) in [6.07, 6.45) is 0. The van der Waals surface area contributed by atoms with Crippen molar-refractivity contribution in [3.05, 3.63) is 29.6 Å². The van der Waals surface area contributed by atoms with E-state index in [1.165, 1.54) is 11.3 Å². The molecule has 0 amide bonds. The summed E-state index contributed by atoms with van der Waals surface area (Å²) in [6.45, 7) is 0. The van der Waals surface area contributed by atoms with Crippen LogP contribution in [0.5, 0.6) is 5.75 Å². The lowest BCUT2D eigenvalue weighted by molar-refractivity contribution is 0.355. The summed E-state index contributed by atoms with van der Waals surface area (Å²) in [6, 6.07) is 7.62. The number of thiophene rings is 1. The monoisotopic (exact) mass is 231 g/mol. The molecule has 0 spiro atoms. The van der Waals surface area contributed by atoms with Gasteiger partial charge in [-0.1, -0.05) is 23.2 Å². The minimum Gasteiger partial charge on any atom is -0.461 e. The third kappa shape index (κ3) is 2.08. The Bertz CT molecular complexity index is 411. The van der Waals surface area contributed by atoms with Crippen molar-refractivity contribution in [2.75, 3.05) is 0 Å². The third-order valence-corrected chi connectivity index (χ3v) is 2.58. The van der Waals surface area contributed by atoms with E-state index >= 15 is 0 Å². The van der Waals surface area contributed by atoms with Crippen LogP contribution in [0, 0.1) is 5.38 Å². The Balaban J connectivity index is 2.37. The van der Waals surface area contributed by atoms with Gasteiger partial charge in [-0.05, 0) is 29.7 Å². The van der Waals surface area contributed by atoms with E-state index in [4.69, 9.17) is 27.9 Å². The van der Waals surface area contributed by atoms with Crippen LogP contribution in [0.4, 0.5) is 0 Å². The summed E-state index contributed by atoms with van der Waals surface area (Å²) in [5, 5.41) is 3.37. The summed E-state index contributed by atoms with van der Waals surface area (Å²) in [4.78, 5) is 0. The second-order valence-corrected chi connectivity index (χ2v) is 4.34. The minimum atomic E-state index is -0.818. The number of benzene rings is 1. The van der Waals surface area contributed by atoms with Crippen LogP contribution in [0.25, 0.3) is 10.1 Å². The van der Waals surface area contributed by atoms with Crippen LogP contribution < -0.4 is 4.74 Å². The highest BCUT2D eigenvalue weighted by Gasteiger charge is 2.02. The minimum absolute atomic E-state index is 0.679. The van der Waals surface area contributed by atoms with Gasteiger partial charge in [0.2, 0.25) is 5.02 Å². The summed E-state index contributed by atoms with van der Waals surface area (Å²) in [5.74, 6) is 0.679. The van der Waals surface area contributed by atoms with Crippen LogP contribution in [0.1, 0.15) is 0 Å². The van der Waals surface area contributed by atoms with Crippen molar-refractivity contribution in [1.29, 1.82) is 0 Å². The molecule has 0 aliphatic carbocycles. The van der Waals surface area contributed by atoms with E-state index in [0.29, 0.717) is 5.75 Å². The molecule has 0 N–H and O–H groups in total. The van der Waals surface area contributed by atoms with E-state index in [0.717, 1.165) is 10.1 Å². The Morgan fingerprint density at radius 1 is 1.38 bits per heavy atom. The van der Waals surface area contributed by atoms with E-state index in [1.807, 2.05) is 24.3 Å². The first-order valence-corrected chi connectivity index (χ1v) is 5.29. The van der Waals surface area contributed by atoms with E-state index < -0.39 is 5.02 Å². The number of rotatable bonds is 2. The fourth-order valence-electron chi connectivity index (χ4n) is 1.05. The molecule has 1 aromatic carbocycles. The van der Waals surface area contributed by atoms with Crippen LogP contribution in [0.2, 0.25) is 0 Å². The van der Waals surface area contributed by atoms with E-state index in [9.17, 15) is 0 Å². The number of hydrogen-bond donors (Lipinski definition) is 0. The first kappa shape index (κ1) is 9.13. The quantitative estimate of drug-likeness (QED) is 0.714. The second-order valence-electron chi connectivity index (χ2n) is 2.44. The second kappa shape index (κ2) is 3.74. The van der Waals surface area contributed by atoms with Gasteiger partial charge in [0.15, 0.2) is 0 Å². The van der Waals surface area contributed by atoms with Crippen LogP contribution in [0.15, 0.2) is 24.3 Å². The van der Waals surface area contributed by atoms with Gasteiger partial charge in [-0.25, -0.2) is 0 Å². The van der Waals surface area contributed by atoms with Crippen LogP contribution in [0.3, 0.4) is 0 Å². The van der Waals surface area contributed by atoms with Crippen molar-refractivity contribution in [2.24, 2.45) is 0 Å². The van der Waals surface area contributed by atoms with Crippen LogP contribution in [-0.2, 0) is 0 Å². The molecular weight excluding hydrogens is 227 g/mol. The molecule has 0 aliphatic rings. The van der Waals surface area contributed by atoms with Crippen LogP contribution >= 0.6 is 34.5 Å². The number of ether oxygens (including phenoxy) is 1. The van der Waals surface area contributed by atoms with Crippen molar-refractivity contribution in [2.45, 2.75) is 5.02 Å². The lowest BCUT2D eigenvalue weighted by Crippen LogP contribution is -1.98. The average molecular weight is 232 g/mol. The average Bonchev–Trinajstić information content (AvgIpc) is 2.49. The Labute approximate surface area is 89.8 Å². The highest BCUT2D eigenvalue weighted by Crippen LogP contribution is 2.26. The number of alkyl halides is 2. The van der Waals surface area contributed by atoms with Gasteiger partial charge in [-0.2, -0.15) is 0 Å². The zero-order valence-corrected chi connectivity index (χ0v) is 8.79. The molecule has 0 bridgehead atoms. The van der Waals surface area contributed by atoms with E-state index in [-0.39, 0.29) is 0 Å². The SMILES string of the molecule is ClC(Cl)Oc1ccc2c[c]sc2c1. The highest BCUT2D eigenvalue weighted by molar-refractivity contribution is 7.16. The zero-order valence-electron chi connectivity index (χ0n) is 6.46. The maximum absolute atomic E-state index is 5.48. The maximum atomic E-state index is 5.48. The lowest BCUT2D eigenvalue weighted by Gasteiger charge is -2.05. The van der Waals surface area contributed by atoms with Crippen molar-refractivity contribution in [3.8, 4) is 5.75 Å². The molecule has 0 saturated heterocycles. The van der Waals surface area contributed by atoms with Gasteiger partial charge >= 0.3 is 0 Å². The van der Waals surface area contributed by atoms with Crippen molar-refractivity contribution < 1.29 is 4.74 Å². The number of hydrogen-bond acceptors (Lipinski definition) is 2. The molecule has 0 atom stereocenters. The molecule has 2 aromatic rings. The predicted octanol–water partition coefficient (Wildman–Crippen LogP) is 3.84.